The molecule has 2 aliphatic rings. The van der Waals surface area contributed by atoms with E-state index in [1.165, 1.54) is 41.5 Å². The van der Waals surface area contributed by atoms with Gasteiger partial charge in [-0.3, -0.25) is 4.79 Å². The number of H-pyrrole nitrogens is 1. The Labute approximate surface area is 220 Å². The van der Waals surface area contributed by atoms with Gasteiger partial charge in [0.15, 0.2) is 0 Å². The molecule has 0 saturated carbocycles. The quantitative estimate of drug-likeness (QED) is 0.305. The molecule has 2 aromatic carbocycles. The van der Waals surface area contributed by atoms with Crippen molar-refractivity contribution in [2.24, 2.45) is 5.92 Å². The number of aryl methyl sites for hydroxylation is 2. The van der Waals surface area contributed by atoms with Gasteiger partial charge in [-0.05, 0) is 87.6 Å². The van der Waals surface area contributed by atoms with Crippen LogP contribution < -0.4 is 10.6 Å². The Hall–Kier alpha value is -3.31. The van der Waals surface area contributed by atoms with E-state index in [-0.39, 0.29) is 11.9 Å². The Kier molecular flexibility index (Phi) is 7.80. The molecule has 1 amide bonds. The van der Waals surface area contributed by atoms with Gasteiger partial charge in [-0.15, -0.1) is 0 Å². The highest BCUT2D eigenvalue weighted by Crippen LogP contribution is 2.39. The Morgan fingerprint density at radius 2 is 1.84 bits per heavy atom. The first-order valence-corrected chi connectivity index (χ1v) is 13.7. The SMILES string of the molecule is Cc1cc(C)cc(-c2c(C3=CC=CNC3C)[nH]c3ccc(C(=O)NCCCCC4CCOCC4)cc23)c1. The van der Waals surface area contributed by atoms with Crippen molar-refractivity contribution in [1.29, 1.82) is 0 Å². The minimum atomic E-state index is -0.00283. The Morgan fingerprint density at radius 1 is 1.05 bits per heavy atom. The van der Waals surface area contributed by atoms with Crippen molar-refractivity contribution in [1.82, 2.24) is 15.6 Å². The zero-order valence-electron chi connectivity index (χ0n) is 22.3. The summed E-state index contributed by atoms with van der Waals surface area (Å²) in [7, 11) is 0. The zero-order valence-corrected chi connectivity index (χ0v) is 22.3. The number of amides is 1. The number of nitrogens with one attached hydrogen (secondary N) is 3. The number of hydrogen-bond acceptors (Lipinski definition) is 3. The van der Waals surface area contributed by atoms with E-state index in [1.54, 1.807) is 0 Å². The molecular formula is C32H39N3O2. The molecule has 3 aromatic rings. The Balaban J connectivity index is 1.39. The number of allylic oxidation sites excluding steroid dienone is 2. The third-order valence-electron chi connectivity index (χ3n) is 7.71. The van der Waals surface area contributed by atoms with E-state index >= 15 is 0 Å². The van der Waals surface area contributed by atoms with Crippen LogP contribution in [0.5, 0.6) is 0 Å². The lowest BCUT2D eigenvalue weighted by molar-refractivity contribution is 0.0631. The van der Waals surface area contributed by atoms with Crippen molar-refractivity contribution >= 4 is 22.4 Å². The van der Waals surface area contributed by atoms with Crippen LogP contribution >= 0.6 is 0 Å². The second-order valence-corrected chi connectivity index (χ2v) is 10.7. The molecule has 0 aliphatic carbocycles. The van der Waals surface area contributed by atoms with E-state index in [1.807, 2.05) is 24.4 Å². The molecule has 5 nitrogen and oxygen atoms in total. The Morgan fingerprint density at radius 3 is 2.59 bits per heavy atom. The van der Waals surface area contributed by atoms with Crippen LogP contribution in [0.4, 0.5) is 0 Å². The molecule has 3 N–H and O–H groups in total. The molecular weight excluding hydrogens is 458 g/mol. The van der Waals surface area contributed by atoms with Crippen molar-refractivity contribution in [3.05, 3.63) is 77.1 Å². The van der Waals surface area contributed by atoms with Gasteiger partial charge < -0.3 is 20.4 Å². The van der Waals surface area contributed by atoms with Gasteiger partial charge in [-0.25, -0.2) is 0 Å². The third-order valence-corrected chi connectivity index (χ3v) is 7.71. The van der Waals surface area contributed by atoms with Crippen LogP contribution in [0.3, 0.4) is 0 Å². The van der Waals surface area contributed by atoms with E-state index in [2.05, 4.69) is 66.7 Å². The van der Waals surface area contributed by atoms with Crippen molar-refractivity contribution < 1.29 is 9.53 Å². The van der Waals surface area contributed by atoms with Crippen LogP contribution in [0.2, 0.25) is 0 Å². The van der Waals surface area contributed by atoms with Crippen LogP contribution in [0.25, 0.3) is 27.6 Å². The van der Waals surface area contributed by atoms with Gasteiger partial charge in [0.25, 0.3) is 5.91 Å². The molecule has 5 rings (SSSR count). The first kappa shape index (κ1) is 25.3. The van der Waals surface area contributed by atoms with Crippen molar-refractivity contribution in [2.75, 3.05) is 19.8 Å². The maximum atomic E-state index is 13.1. The monoisotopic (exact) mass is 497 g/mol. The predicted molar refractivity (Wildman–Crippen MR) is 153 cm³/mol. The summed E-state index contributed by atoms with van der Waals surface area (Å²) in [5.74, 6) is 0.781. The lowest BCUT2D eigenvalue weighted by Crippen LogP contribution is -2.24. The second-order valence-electron chi connectivity index (χ2n) is 10.7. The summed E-state index contributed by atoms with van der Waals surface area (Å²) >= 11 is 0. The van der Waals surface area contributed by atoms with E-state index in [0.717, 1.165) is 54.1 Å². The molecule has 1 saturated heterocycles. The number of fused-ring (bicyclic) bond motifs is 1. The van der Waals surface area contributed by atoms with Crippen LogP contribution in [0.15, 0.2) is 54.8 Å². The van der Waals surface area contributed by atoms with Crippen LogP contribution in [0, 0.1) is 19.8 Å². The summed E-state index contributed by atoms with van der Waals surface area (Å²) in [6, 6.07) is 12.9. The number of dihydropyridines is 1. The molecule has 1 atom stereocenters. The number of aromatic nitrogens is 1. The first-order chi connectivity index (χ1) is 18.0. The highest BCUT2D eigenvalue weighted by atomic mass is 16.5. The molecule has 5 heteroatoms. The lowest BCUT2D eigenvalue weighted by Gasteiger charge is -2.21. The van der Waals surface area contributed by atoms with E-state index in [0.29, 0.717) is 12.1 Å². The summed E-state index contributed by atoms with van der Waals surface area (Å²) in [5, 5.41) is 7.65. The number of rotatable bonds is 8. The predicted octanol–water partition coefficient (Wildman–Crippen LogP) is 6.67. The number of ether oxygens (including phenoxy) is 1. The van der Waals surface area contributed by atoms with Gasteiger partial charge in [0.1, 0.15) is 0 Å². The normalized spacial score (nSPS) is 18.0. The average Bonchev–Trinajstić information content (AvgIpc) is 3.27. The highest BCUT2D eigenvalue weighted by molar-refractivity contribution is 6.06. The largest absolute Gasteiger partial charge is 0.384 e. The average molecular weight is 498 g/mol. The summed E-state index contributed by atoms with van der Waals surface area (Å²) in [4.78, 5) is 16.8. The summed E-state index contributed by atoms with van der Waals surface area (Å²) in [5.41, 5.74) is 8.85. The van der Waals surface area contributed by atoms with E-state index < -0.39 is 0 Å². The minimum absolute atomic E-state index is 0.00283. The number of aromatic amines is 1. The number of carbonyl (C=O) groups excluding carboxylic acids is 1. The molecule has 2 aliphatic heterocycles. The second kappa shape index (κ2) is 11.4. The van der Waals surface area contributed by atoms with Crippen molar-refractivity contribution in [3.63, 3.8) is 0 Å². The topological polar surface area (TPSA) is 66.2 Å². The molecule has 0 radical (unpaired) electrons. The van der Waals surface area contributed by atoms with Gasteiger partial charge in [0.05, 0.1) is 11.7 Å². The number of hydrogen-bond donors (Lipinski definition) is 3. The fourth-order valence-electron chi connectivity index (χ4n) is 5.75. The Bertz CT molecular complexity index is 1310. The van der Waals surface area contributed by atoms with E-state index in [9.17, 15) is 4.79 Å². The van der Waals surface area contributed by atoms with Gasteiger partial charge >= 0.3 is 0 Å². The van der Waals surface area contributed by atoms with Gasteiger partial charge in [0.2, 0.25) is 0 Å². The van der Waals surface area contributed by atoms with Gasteiger partial charge in [0, 0.05) is 41.8 Å². The number of unbranched alkanes of at least 4 members (excludes halogenated alkanes) is 1. The van der Waals surface area contributed by atoms with Gasteiger partial charge in [-0.1, -0.05) is 48.2 Å². The standard InChI is InChI=1S/C32H39N3O2/c1-21-17-22(2)19-26(18-21)30-28-20-25(32(36)34-13-5-4-7-24-11-15-37-16-12-24)9-10-29(28)35-31(30)27-8-6-14-33-23(27)3/h6,8-10,14,17-20,23-24,33,35H,4-5,7,11-13,15-16H2,1-3H3,(H,34,36). The molecule has 1 fully saturated rings. The van der Waals surface area contributed by atoms with Crippen LogP contribution in [0.1, 0.15) is 66.2 Å². The van der Waals surface area contributed by atoms with Crippen molar-refractivity contribution in [3.8, 4) is 11.1 Å². The maximum absolute atomic E-state index is 13.1. The molecule has 3 heterocycles. The van der Waals surface area contributed by atoms with Crippen LogP contribution in [-0.2, 0) is 4.74 Å². The number of carbonyl (C=O) groups is 1. The maximum Gasteiger partial charge on any atom is 0.251 e. The number of benzene rings is 2. The summed E-state index contributed by atoms with van der Waals surface area (Å²) < 4.78 is 5.46. The minimum Gasteiger partial charge on any atom is -0.384 e. The molecule has 0 bridgehead atoms. The molecule has 0 spiro atoms. The molecule has 1 aromatic heterocycles. The molecule has 194 valence electrons. The summed E-state index contributed by atoms with van der Waals surface area (Å²) in [6.07, 6.45) is 12.0. The highest BCUT2D eigenvalue weighted by Gasteiger charge is 2.22. The van der Waals surface area contributed by atoms with E-state index in [4.69, 9.17) is 4.74 Å². The molecule has 1 unspecified atom stereocenters. The van der Waals surface area contributed by atoms with Gasteiger partial charge in [-0.2, -0.15) is 0 Å². The smallest absolute Gasteiger partial charge is 0.251 e. The fourth-order valence-corrected chi connectivity index (χ4v) is 5.75. The van der Waals surface area contributed by atoms with Crippen LogP contribution in [-0.4, -0.2) is 36.7 Å². The van der Waals surface area contributed by atoms with Crippen molar-refractivity contribution in [2.45, 2.75) is 58.9 Å². The fraction of sp³-hybridized carbons (Fsp3) is 0.406. The lowest BCUT2D eigenvalue weighted by atomic mass is 9.92. The summed E-state index contributed by atoms with van der Waals surface area (Å²) in [6.45, 7) is 8.96. The zero-order chi connectivity index (χ0) is 25.8. The first-order valence-electron chi connectivity index (χ1n) is 13.7. The molecule has 37 heavy (non-hydrogen) atoms. The third kappa shape index (κ3) is 5.83.